The topological polar surface area (TPSA) is 119 Å². The number of morpholine rings is 1. The molecule has 0 unspecified atom stereocenters. The standard InChI is InChI=1S/C23H19FN6O4/c24-18-13-19-17(12-20(18)29-8-10-33-11-9-29)23(26-15-2-1-7-25-14-15)28-21(27-19)5-3-16-4-6-22(34-16)30(31)32/h1-7,12-14H,8-11H2,(H,26,27,28)/b5-3+. The molecule has 0 saturated carbocycles. The van der Waals surface area contributed by atoms with Gasteiger partial charge in [-0.05, 0) is 36.4 Å². The molecular formula is C23H19FN6O4. The lowest BCUT2D eigenvalue weighted by Gasteiger charge is -2.29. The van der Waals surface area contributed by atoms with Gasteiger partial charge in [0.15, 0.2) is 5.82 Å². The van der Waals surface area contributed by atoms with Crippen LogP contribution in [0.15, 0.2) is 53.2 Å². The van der Waals surface area contributed by atoms with Crippen LogP contribution in [0.5, 0.6) is 0 Å². The van der Waals surface area contributed by atoms with Crippen molar-refractivity contribution in [3.8, 4) is 0 Å². The molecule has 4 aromatic rings. The van der Waals surface area contributed by atoms with E-state index in [1.54, 1.807) is 30.6 Å². The van der Waals surface area contributed by atoms with Gasteiger partial charge in [-0.15, -0.1) is 0 Å². The molecule has 1 aliphatic rings. The maximum atomic E-state index is 15.1. The van der Waals surface area contributed by atoms with Gasteiger partial charge >= 0.3 is 5.88 Å². The van der Waals surface area contributed by atoms with E-state index in [0.717, 1.165) is 0 Å². The van der Waals surface area contributed by atoms with E-state index in [0.29, 0.717) is 54.4 Å². The van der Waals surface area contributed by atoms with Crippen molar-refractivity contribution in [3.63, 3.8) is 0 Å². The van der Waals surface area contributed by atoms with Crippen LogP contribution in [-0.4, -0.2) is 46.2 Å². The number of nitrogens with zero attached hydrogens (tertiary/aromatic N) is 5. The largest absolute Gasteiger partial charge is 0.433 e. The third-order valence-corrected chi connectivity index (χ3v) is 5.25. The molecule has 1 aromatic carbocycles. The Balaban J connectivity index is 1.56. The first kappa shape index (κ1) is 21.5. The number of rotatable bonds is 6. The van der Waals surface area contributed by atoms with Gasteiger partial charge in [0.25, 0.3) is 0 Å². The lowest BCUT2D eigenvalue weighted by molar-refractivity contribution is -0.402. The molecule has 1 N–H and O–H groups in total. The second-order valence-electron chi connectivity index (χ2n) is 7.48. The van der Waals surface area contributed by atoms with Gasteiger partial charge in [0.2, 0.25) is 0 Å². The van der Waals surface area contributed by atoms with Gasteiger partial charge in [0.1, 0.15) is 22.3 Å². The predicted molar refractivity (Wildman–Crippen MR) is 124 cm³/mol. The Kier molecular flexibility index (Phi) is 5.83. The fourth-order valence-corrected chi connectivity index (χ4v) is 3.63. The summed E-state index contributed by atoms with van der Waals surface area (Å²) in [6.07, 6.45) is 6.37. The minimum atomic E-state index is -0.616. The highest BCUT2D eigenvalue weighted by molar-refractivity contribution is 5.94. The molecule has 1 fully saturated rings. The molecular weight excluding hydrogens is 443 g/mol. The van der Waals surface area contributed by atoms with Crippen LogP contribution in [-0.2, 0) is 4.74 Å². The first-order chi connectivity index (χ1) is 16.6. The number of aromatic nitrogens is 3. The highest BCUT2D eigenvalue weighted by Crippen LogP contribution is 2.31. The number of anilines is 3. The molecule has 10 nitrogen and oxygen atoms in total. The zero-order chi connectivity index (χ0) is 23.5. The van der Waals surface area contributed by atoms with Gasteiger partial charge in [-0.1, -0.05) is 0 Å². The third kappa shape index (κ3) is 4.55. The average molecular weight is 462 g/mol. The lowest BCUT2D eigenvalue weighted by atomic mass is 10.1. The third-order valence-electron chi connectivity index (χ3n) is 5.25. The zero-order valence-corrected chi connectivity index (χ0v) is 17.8. The predicted octanol–water partition coefficient (Wildman–Crippen LogP) is 4.42. The minimum absolute atomic E-state index is 0.269. The molecule has 0 aliphatic carbocycles. The number of hydrogen-bond donors (Lipinski definition) is 1. The first-order valence-electron chi connectivity index (χ1n) is 10.5. The normalized spacial score (nSPS) is 14.1. The van der Waals surface area contributed by atoms with Gasteiger partial charge < -0.3 is 19.4 Å². The number of fused-ring (bicyclic) bond motifs is 1. The monoisotopic (exact) mass is 462 g/mol. The van der Waals surface area contributed by atoms with E-state index in [2.05, 4.69) is 20.3 Å². The van der Waals surface area contributed by atoms with Gasteiger partial charge in [-0.25, -0.2) is 14.4 Å². The maximum Gasteiger partial charge on any atom is 0.433 e. The number of benzene rings is 1. The Hall–Kier alpha value is -4.38. The first-order valence-corrected chi connectivity index (χ1v) is 10.5. The van der Waals surface area contributed by atoms with Crippen molar-refractivity contribution < 1.29 is 18.5 Å². The van der Waals surface area contributed by atoms with Crippen molar-refractivity contribution in [2.75, 3.05) is 36.5 Å². The van der Waals surface area contributed by atoms with Crippen molar-refractivity contribution in [2.24, 2.45) is 0 Å². The molecule has 1 aliphatic heterocycles. The van der Waals surface area contributed by atoms with Crippen molar-refractivity contribution in [3.05, 3.63) is 76.3 Å². The van der Waals surface area contributed by atoms with Crippen LogP contribution in [0.1, 0.15) is 11.6 Å². The average Bonchev–Trinajstić information content (AvgIpc) is 3.33. The summed E-state index contributed by atoms with van der Waals surface area (Å²) in [5.41, 5.74) is 1.57. The van der Waals surface area contributed by atoms with E-state index in [1.807, 2.05) is 11.0 Å². The van der Waals surface area contributed by atoms with E-state index >= 15 is 4.39 Å². The summed E-state index contributed by atoms with van der Waals surface area (Å²) in [7, 11) is 0. The molecule has 0 spiro atoms. The quantitative estimate of drug-likeness (QED) is 0.328. The molecule has 11 heteroatoms. The van der Waals surface area contributed by atoms with Crippen LogP contribution in [0.4, 0.5) is 27.5 Å². The van der Waals surface area contributed by atoms with Crippen LogP contribution >= 0.6 is 0 Å². The van der Waals surface area contributed by atoms with E-state index in [9.17, 15) is 10.1 Å². The summed E-state index contributed by atoms with van der Waals surface area (Å²) in [4.78, 5) is 25.3. The van der Waals surface area contributed by atoms with Crippen molar-refractivity contribution in [2.45, 2.75) is 0 Å². The van der Waals surface area contributed by atoms with Gasteiger partial charge in [0, 0.05) is 30.7 Å². The highest BCUT2D eigenvalue weighted by atomic mass is 19.1. The van der Waals surface area contributed by atoms with Crippen LogP contribution in [0.3, 0.4) is 0 Å². The number of hydrogen-bond acceptors (Lipinski definition) is 9. The highest BCUT2D eigenvalue weighted by Gasteiger charge is 2.19. The van der Waals surface area contributed by atoms with Crippen molar-refractivity contribution in [1.82, 2.24) is 15.0 Å². The molecule has 5 rings (SSSR count). The fourth-order valence-electron chi connectivity index (χ4n) is 3.63. The van der Waals surface area contributed by atoms with E-state index in [-0.39, 0.29) is 17.5 Å². The number of furan rings is 1. The van der Waals surface area contributed by atoms with Crippen LogP contribution in [0, 0.1) is 15.9 Å². The van der Waals surface area contributed by atoms with E-state index in [4.69, 9.17) is 9.15 Å². The molecule has 0 radical (unpaired) electrons. The molecule has 0 bridgehead atoms. The molecule has 3 aromatic heterocycles. The molecule has 0 atom stereocenters. The summed E-state index contributed by atoms with van der Waals surface area (Å²) in [5, 5.41) is 14.7. The maximum absolute atomic E-state index is 15.1. The molecule has 172 valence electrons. The Morgan fingerprint density at radius 1 is 1.15 bits per heavy atom. The number of nitrogens with one attached hydrogen (secondary N) is 1. The van der Waals surface area contributed by atoms with Crippen molar-refractivity contribution in [1.29, 1.82) is 0 Å². The summed E-state index contributed by atoms with van der Waals surface area (Å²) >= 11 is 0. The summed E-state index contributed by atoms with van der Waals surface area (Å²) in [5.74, 6) is 0.257. The molecule has 0 amide bonds. The van der Waals surface area contributed by atoms with Crippen molar-refractivity contribution >= 4 is 46.1 Å². The second-order valence-corrected chi connectivity index (χ2v) is 7.48. The van der Waals surface area contributed by atoms with Crippen LogP contribution in [0.25, 0.3) is 23.1 Å². The van der Waals surface area contributed by atoms with Crippen LogP contribution < -0.4 is 10.2 Å². The zero-order valence-electron chi connectivity index (χ0n) is 17.8. The summed E-state index contributed by atoms with van der Waals surface area (Å²) in [6, 6.07) is 9.47. The van der Waals surface area contributed by atoms with E-state index < -0.39 is 10.7 Å². The minimum Gasteiger partial charge on any atom is -0.401 e. The number of halogens is 1. The van der Waals surface area contributed by atoms with Crippen LogP contribution in [0.2, 0.25) is 0 Å². The smallest absolute Gasteiger partial charge is 0.401 e. The number of nitro groups is 1. The second kappa shape index (κ2) is 9.24. The van der Waals surface area contributed by atoms with Gasteiger partial charge in [0.05, 0.1) is 42.4 Å². The molecule has 1 saturated heterocycles. The Bertz CT molecular complexity index is 1370. The Morgan fingerprint density at radius 3 is 2.74 bits per heavy atom. The van der Waals surface area contributed by atoms with Gasteiger partial charge in [-0.2, -0.15) is 0 Å². The number of ether oxygens (including phenoxy) is 1. The summed E-state index contributed by atoms with van der Waals surface area (Å²) < 4.78 is 25.6. The fraction of sp³-hybridized carbons (Fsp3) is 0.174. The molecule has 4 heterocycles. The Morgan fingerprint density at radius 2 is 2.00 bits per heavy atom. The SMILES string of the molecule is O=[N+]([O-])c1ccc(/C=C/c2nc(Nc3cccnc3)c3cc(N4CCOCC4)c(F)cc3n2)o1. The molecule has 34 heavy (non-hydrogen) atoms. The Labute approximate surface area is 192 Å². The van der Waals surface area contributed by atoms with E-state index in [1.165, 1.54) is 24.3 Å². The van der Waals surface area contributed by atoms with Gasteiger partial charge in [-0.3, -0.25) is 15.1 Å². The number of pyridine rings is 1. The lowest BCUT2D eigenvalue weighted by Crippen LogP contribution is -2.36. The summed E-state index contributed by atoms with van der Waals surface area (Å²) in [6.45, 7) is 2.24.